The lowest BCUT2D eigenvalue weighted by Gasteiger charge is -2.10. The van der Waals surface area contributed by atoms with Gasteiger partial charge in [-0.15, -0.1) is 11.3 Å². The molecule has 2 aromatic carbocycles. The molecule has 0 aliphatic heterocycles. The van der Waals surface area contributed by atoms with E-state index in [1.165, 1.54) is 47.4 Å². The Hall–Kier alpha value is -2.71. The molecule has 0 radical (unpaired) electrons. The third-order valence-electron chi connectivity index (χ3n) is 3.99. The third-order valence-corrected chi connectivity index (χ3v) is 6.06. The number of ether oxygens (including phenoxy) is 1. The predicted octanol–water partition coefficient (Wildman–Crippen LogP) is 4.76. The highest BCUT2D eigenvalue weighted by Crippen LogP contribution is 2.26. The molecular weight excluding hydrogens is 411 g/mol. The fourth-order valence-electron chi connectivity index (χ4n) is 2.56. The lowest BCUT2D eigenvalue weighted by molar-refractivity contribution is -0.115. The minimum Gasteiger partial charge on any atom is -0.495 e. The number of ketones is 1. The topological polar surface area (TPSA) is 68.3 Å². The average Bonchev–Trinajstić information content (AvgIpc) is 3.14. The van der Waals surface area contributed by atoms with E-state index in [1.807, 2.05) is 19.1 Å². The molecule has 0 spiro atoms. The van der Waals surface area contributed by atoms with Crippen molar-refractivity contribution in [1.82, 2.24) is 4.98 Å². The monoisotopic (exact) mass is 430 g/mol. The number of nitrogens with zero attached hydrogens (tertiary/aromatic N) is 1. The van der Waals surface area contributed by atoms with Crippen LogP contribution in [0.3, 0.4) is 0 Å². The number of halogens is 1. The Morgan fingerprint density at radius 2 is 1.97 bits per heavy atom. The van der Waals surface area contributed by atoms with Crippen LogP contribution in [0.15, 0.2) is 52.2 Å². The smallest absolute Gasteiger partial charge is 0.230 e. The number of thioether (sulfide) groups is 1. The van der Waals surface area contributed by atoms with E-state index in [4.69, 9.17) is 4.74 Å². The Balaban J connectivity index is 1.54. The Morgan fingerprint density at radius 3 is 2.69 bits per heavy atom. The summed E-state index contributed by atoms with van der Waals surface area (Å²) in [6.07, 6.45) is 0.125. The van der Waals surface area contributed by atoms with Gasteiger partial charge in [-0.2, -0.15) is 0 Å². The number of rotatable bonds is 8. The summed E-state index contributed by atoms with van der Waals surface area (Å²) in [5.74, 6) is 0.123. The van der Waals surface area contributed by atoms with E-state index >= 15 is 0 Å². The van der Waals surface area contributed by atoms with Gasteiger partial charge in [-0.3, -0.25) is 9.59 Å². The lowest BCUT2D eigenvalue weighted by atomic mass is 10.1. The van der Waals surface area contributed by atoms with E-state index in [0.29, 0.717) is 27.0 Å². The van der Waals surface area contributed by atoms with Crippen LogP contribution in [0, 0.1) is 12.7 Å². The average molecular weight is 431 g/mol. The number of carbonyl (C=O) groups excluding carboxylic acids is 2. The molecule has 0 aliphatic carbocycles. The Kier molecular flexibility index (Phi) is 7.00. The second-order valence-corrected chi connectivity index (χ2v) is 8.33. The molecule has 0 unspecified atom stereocenters. The number of hydrogen-bond donors (Lipinski definition) is 1. The van der Waals surface area contributed by atoms with E-state index in [1.54, 1.807) is 18.6 Å². The van der Waals surface area contributed by atoms with Gasteiger partial charge in [-0.25, -0.2) is 9.37 Å². The first-order valence-electron chi connectivity index (χ1n) is 8.75. The summed E-state index contributed by atoms with van der Waals surface area (Å²) in [6.45, 7) is 1.94. The molecule has 1 heterocycles. The molecule has 1 N–H and O–H groups in total. The number of carbonyl (C=O) groups is 2. The van der Waals surface area contributed by atoms with Gasteiger partial charge in [0.2, 0.25) is 5.91 Å². The molecule has 150 valence electrons. The highest BCUT2D eigenvalue weighted by atomic mass is 32.2. The number of nitrogens with one attached hydrogen (secondary N) is 1. The van der Waals surface area contributed by atoms with Crippen molar-refractivity contribution >= 4 is 40.5 Å². The van der Waals surface area contributed by atoms with Gasteiger partial charge in [0.25, 0.3) is 0 Å². The molecule has 29 heavy (non-hydrogen) atoms. The molecule has 0 aliphatic rings. The van der Waals surface area contributed by atoms with Crippen LogP contribution in [0.5, 0.6) is 5.75 Å². The molecule has 8 heteroatoms. The van der Waals surface area contributed by atoms with E-state index in [2.05, 4.69) is 10.3 Å². The fourth-order valence-corrected chi connectivity index (χ4v) is 4.30. The second-order valence-electron chi connectivity index (χ2n) is 6.25. The van der Waals surface area contributed by atoms with Gasteiger partial charge in [0, 0.05) is 10.9 Å². The first-order valence-corrected chi connectivity index (χ1v) is 10.6. The van der Waals surface area contributed by atoms with Crippen molar-refractivity contribution in [3.8, 4) is 5.75 Å². The van der Waals surface area contributed by atoms with Crippen molar-refractivity contribution in [2.75, 3.05) is 18.2 Å². The fraction of sp³-hybridized carbons (Fsp3) is 0.190. The molecule has 3 aromatic rings. The van der Waals surface area contributed by atoms with Crippen LogP contribution < -0.4 is 10.1 Å². The first kappa shape index (κ1) is 21.0. The molecule has 1 aromatic heterocycles. The number of benzene rings is 2. The van der Waals surface area contributed by atoms with Crippen LogP contribution in [-0.4, -0.2) is 29.5 Å². The first-order chi connectivity index (χ1) is 13.9. The second kappa shape index (κ2) is 9.67. The molecular formula is C21H19FN2O3S2. The van der Waals surface area contributed by atoms with Crippen molar-refractivity contribution in [1.29, 1.82) is 0 Å². The number of anilines is 1. The Labute approximate surface area is 176 Å². The number of amides is 1. The lowest BCUT2D eigenvalue weighted by Crippen LogP contribution is -2.15. The highest BCUT2D eigenvalue weighted by Gasteiger charge is 2.13. The van der Waals surface area contributed by atoms with Gasteiger partial charge in [0.1, 0.15) is 11.6 Å². The zero-order valence-corrected chi connectivity index (χ0v) is 17.5. The molecule has 0 bridgehead atoms. The van der Waals surface area contributed by atoms with Crippen LogP contribution in [0.2, 0.25) is 0 Å². The van der Waals surface area contributed by atoms with Crippen LogP contribution >= 0.6 is 23.1 Å². The van der Waals surface area contributed by atoms with Crippen molar-refractivity contribution in [2.45, 2.75) is 17.7 Å². The van der Waals surface area contributed by atoms with Crippen LogP contribution in [0.25, 0.3) is 0 Å². The van der Waals surface area contributed by atoms with E-state index in [-0.39, 0.29) is 29.7 Å². The number of Topliss-reactive ketones (excluding diaryl/α,β-unsaturated/α-hetero) is 1. The van der Waals surface area contributed by atoms with Gasteiger partial charge in [-0.05, 0) is 48.9 Å². The van der Waals surface area contributed by atoms with Gasteiger partial charge in [0.15, 0.2) is 10.1 Å². The van der Waals surface area contributed by atoms with Crippen molar-refractivity contribution < 1.29 is 18.7 Å². The number of methoxy groups -OCH3 is 1. The predicted molar refractivity (Wildman–Crippen MR) is 114 cm³/mol. The summed E-state index contributed by atoms with van der Waals surface area (Å²) in [7, 11) is 1.55. The summed E-state index contributed by atoms with van der Waals surface area (Å²) in [4.78, 5) is 28.9. The maximum atomic E-state index is 12.9. The van der Waals surface area contributed by atoms with Crippen molar-refractivity contribution in [2.24, 2.45) is 0 Å². The summed E-state index contributed by atoms with van der Waals surface area (Å²) in [5.41, 5.74) is 2.73. The van der Waals surface area contributed by atoms with Crippen LogP contribution in [-0.2, 0) is 11.2 Å². The number of aryl methyl sites for hydroxylation is 1. The van der Waals surface area contributed by atoms with Gasteiger partial charge in [-0.1, -0.05) is 17.8 Å². The minimum absolute atomic E-state index is 0.101. The van der Waals surface area contributed by atoms with E-state index in [0.717, 1.165) is 5.56 Å². The van der Waals surface area contributed by atoms with Crippen molar-refractivity contribution in [3.05, 3.63) is 70.5 Å². The molecule has 0 fully saturated rings. The Bertz CT molecular complexity index is 1020. The van der Waals surface area contributed by atoms with Crippen LogP contribution in [0.4, 0.5) is 10.1 Å². The number of hydrogen-bond acceptors (Lipinski definition) is 6. The number of aromatic nitrogens is 1. The summed E-state index contributed by atoms with van der Waals surface area (Å²) in [5, 5.41) is 4.65. The van der Waals surface area contributed by atoms with E-state index in [9.17, 15) is 14.0 Å². The minimum atomic E-state index is -0.375. The molecule has 0 saturated carbocycles. The maximum Gasteiger partial charge on any atom is 0.230 e. The molecule has 1 amide bonds. The maximum absolute atomic E-state index is 12.9. The van der Waals surface area contributed by atoms with E-state index < -0.39 is 0 Å². The summed E-state index contributed by atoms with van der Waals surface area (Å²) >= 11 is 2.68. The quantitative estimate of drug-likeness (QED) is 0.412. The molecule has 0 atom stereocenters. The Morgan fingerprint density at radius 1 is 1.21 bits per heavy atom. The molecule has 0 saturated heterocycles. The van der Waals surface area contributed by atoms with Crippen LogP contribution in [0.1, 0.15) is 21.6 Å². The summed E-state index contributed by atoms with van der Waals surface area (Å²) < 4.78 is 18.9. The van der Waals surface area contributed by atoms with Crippen molar-refractivity contribution in [3.63, 3.8) is 0 Å². The third kappa shape index (κ3) is 5.88. The van der Waals surface area contributed by atoms with Gasteiger partial charge in [0.05, 0.1) is 30.7 Å². The zero-order chi connectivity index (χ0) is 20.8. The standard InChI is InChI=1S/C21H19FN2O3S2/c1-13-3-8-19(27-2)17(9-13)24-20(26)10-16-11-28-21(23-16)29-12-18(25)14-4-6-15(22)7-5-14/h3-9,11H,10,12H2,1-2H3,(H,24,26). The molecule has 5 nitrogen and oxygen atoms in total. The molecule has 3 rings (SSSR count). The zero-order valence-electron chi connectivity index (χ0n) is 15.9. The SMILES string of the molecule is COc1ccc(C)cc1NC(=O)Cc1csc(SCC(=O)c2ccc(F)cc2)n1. The largest absolute Gasteiger partial charge is 0.495 e. The normalized spacial score (nSPS) is 10.6. The highest BCUT2D eigenvalue weighted by molar-refractivity contribution is 8.01. The number of thiazole rings is 1. The van der Waals surface area contributed by atoms with Gasteiger partial charge < -0.3 is 10.1 Å². The summed E-state index contributed by atoms with van der Waals surface area (Å²) in [6, 6.07) is 11.0. The van der Waals surface area contributed by atoms with Gasteiger partial charge >= 0.3 is 0 Å².